The van der Waals surface area contributed by atoms with E-state index < -0.39 is 5.41 Å². The van der Waals surface area contributed by atoms with Gasteiger partial charge in [0.15, 0.2) is 0 Å². The van der Waals surface area contributed by atoms with E-state index in [4.69, 9.17) is 4.42 Å². The number of benzene rings is 6. The van der Waals surface area contributed by atoms with Crippen LogP contribution in [0, 0.1) is 0 Å². The van der Waals surface area contributed by atoms with Crippen molar-refractivity contribution in [3.63, 3.8) is 0 Å². The standard InChI is InChI=1S/C37H24O.C4H8.CH5N/c1-3-12-26(13-4-1)37(27-14-5-2-6-15-27)33-20-9-7-16-29(33)30-23-22-25(24-34(30)37)28-18-11-19-32-31-17-8-10-21-35(31)38-36(28)32;1-3-4-2;1-2/h1-24H;3H,1,4H2,2H3;2H2,1H3. The summed E-state index contributed by atoms with van der Waals surface area (Å²) in [6.07, 6.45) is 2.96. The van der Waals surface area contributed by atoms with Crippen LogP contribution in [0.15, 0.2) is 163 Å². The molecule has 1 aliphatic carbocycles. The zero-order valence-electron chi connectivity index (χ0n) is 25.3. The summed E-state index contributed by atoms with van der Waals surface area (Å²) in [5, 5.41) is 2.31. The number of hydrogen-bond donors (Lipinski definition) is 1. The zero-order valence-corrected chi connectivity index (χ0v) is 25.3. The SMILES string of the molecule is C=CCC.CN.c1ccc(C2(c3ccccc3)c3ccccc3-c3ccc(-c4cccc5c4oc4ccccc45)cc32)cc1. The predicted molar refractivity (Wildman–Crippen MR) is 187 cm³/mol. The van der Waals surface area contributed by atoms with Crippen LogP contribution in [0.25, 0.3) is 44.2 Å². The summed E-state index contributed by atoms with van der Waals surface area (Å²) < 4.78 is 6.44. The number of rotatable bonds is 4. The molecule has 0 fully saturated rings. The second-order valence-electron chi connectivity index (χ2n) is 10.8. The average molecular weight is 572 g/mol. The average Bonchev–Trinajstić information content (AvgIpc) is 3.64. The molecule has 2 N–H and O–H groups in total. The van der Waals surface area contributed by atoms with Crippen LogP contribution in [0.5, 0.6) is 0 Å². The molecule has 1 heterocycles. The van der Waals surface area contributed by atoms with Gasteiger partial charge in [0.2, 0.25) is 0 Å². The largest absolute Gasteiger partial charge is 0.455 e. The van der Waals surface area contributed by atoms with Gasteiger partial charge in [-0.1, -0.05) is 146 Å². The highest BCUT2D eigenvalue weighted by atomic mass is 16.3. The van der Waals surface area contributed by atoms with Gasteiger partial charge in [-0.25, -0.2) is 0 Å². The van der Waals surface area contributed by atoms with Gasteiger partial charge in [-0.2, -0.15) is 0 Å². The normalized spacial score (nSPS) is 12.3. The van der Waals surface area contributed by atoms with Crippen LogP contribution >= 0.6 is 0 Å². The van der Waals surface area contributed by atoms with Gasteiger partial charge in [-0.05, 0) is 64.5 Å². The van der Waals surface area contributed by atoms with E-state index in [-0.39, 0.29) is 0 Å². The lowest BCUT2D eigenvalue weighted by atomic mass is 9.67. The van der Waals surface area contributed by atoms with Crippen LogP contribution in [0.1, 0.15) is 35.6 Å². The van der Waals surface area contributed by atoms with Crippen molar-refractivity contribution in [2.45, 2.75) is 18.8 Å². The Morgan fingerprint density at radius 2 is 1.14 bits per heavy atom. The number of hydrogen-bond acceptors (Lipinski definition) is 2. The van der Waals surface area contributed by atoms with E-state index in [1.54, 1.807) is 0 Å². The minimum atomic E-state index is -0.410. The maximum Gasteiger partial charge on any atom is 0.143 e. The number of furan rings is 1. The molecule has 2 heteroatoms. The van der Waals surface area contributed by atoms with Gasteiger partial charge in [-0.15, -0.1) is 6.58 Å². The molecule has 2 nitrogen and oxygen atoms in total. The van der Waals surface area contributed by atoms with Crippen LogP contribution in [-0.2, 0) is 5.41 Å². The highest BCUT2D eigenvalue weighted by Gasteiger charge is 2.46. The summed E-state index contributed by atoms with van der Waals surface area (Å²) in [6, 6.07) is 52.5. The minimum Gasteiger partial charge on any atom is -0.455 e. The lowest BCUT2D eigenvalue weighted by Crippen LogP contribution is -2.28. The molecule has 1 aliphatic rings. The Labute approximate surface area is 260 Å². The Morgan fingerprint density at radius 3 is 1.82 bits per heavy atom. The molecule has 1 aromatic heterocycles. The lowest BCUT2D eigenvalue weighted by molar-refractivity contribution is 0.670. The van der Waals surface area contributed by atoms with E-state index in [9.17, 15) is 0 Å². The molecule has 0 atom stereocenters. The van der Waals surface area contributed by atoms with E-state index in [1.807, 2.05) is 18.2 Å². The third kappa shape index (κ3) is 4.65. The van der Waals surface area contributed by atoms with Crippen molar-refractivity contribution in [3.05, 3.63) is 181 Å². The van der Waals surface area contributed by atoms with Gasteiger partial charge in [0.05, 0.1) is 5.41 Å². The Kier molecular flexibility index (Phi) is 8.27. The molecule has 0 unspecified atom stereocenters. The Hall–Kier alpha value is -5.18. The zero-order chi connectivity index (χ0) is 30.5. The Balaban J connectivity index is 0.000000532. The highest BCUT2D eigenvalue weighted by molar-refractivity contribution is 6.09. The Morgan fingerprint density at radius 1 is 0.591 bits per heavy atom. The molecule has 0 amide bonds. The summed E-state index contributed by atoms with van der Waals surface area (Å²) in [4.78, 5) is 0. The first-order valence-corrected chi connectivity index (χ1v) is 15.2. The second-order valence-corrected chi connectivity index (χ2v) is 10.8. The fourth-order valence-electron chi connectivity index (χ4n) is 6.59. The molecule has 0 aliphatic heterocycles. The first-order valence-electron chi connectivity index (χ1n) is 15.2. The van der Waals surface area contributed by atoms with Crippen LogP contribution in [0.3, 0.4) is 0 Å². The van der Waals surface area contributed by atoms with Crippen molar-refractivity contribution >= 4 is 21.9 Å². The van der Waals surface area contributed by atoms with Crippen molar-refractivity contribution in [2.75, 3.05) is 7.05 Å². The topological polar surface area (TPSA) is 39.2 Å². The van der Waals surface area contributed by atoms with Crippen molar-refractivity contribution in [3.8, 4) is 22.3 Å². The summed E-state index contributed by atoms with van der Waals surface area (Å²) in [6.45, 7) is 5.54. The van der Waals surface area contributed by atoms with Crippen molar-refractivity contribution in [1.82, 2.24) is 0 Å². The molecule has 6 aromatic carbocycles. The lowest BCUT2D eigenvalue weighted by Gasteiger charge is -2.34. The van der Waals surface area contributed by atoms with Crippen LogP contribution in [0.2, 0.25) is 0 Å². The fourth-order valence-corrected chi connectivity index (χ4v) is 6.59. The third-order valence-corrected chi connectivity index (χ3v) is 8.46. The number of para-hydroxylation sites is 2. The predicted octanol–water partition coefficient (Wildman–Crippen LogP) is 10.8. The number of nitrogens with two attached hydrogens (primary N) is 1. The van der Waals surface area contributed by atoms with E-state index in [0.717, 1.165) is 39.5 Å². The quantitative estimate of drug-likeness (QED) is 0.213. The van der Waals surface area contributed by atoms with Crippen LogP contribution < -0.4 is 5.73 Å². The van der Waals surface area contributed by atoms with E-state index in [0.29, 0.717) is 0 Å². The monoisotopic (exact) mass is 571 g/mol. The van der Waals surface area contributed by atoms with Gasteiger partial charge >= 0.3 is 0 Å². The van der Waals surface area contributed by atoms with E-state index in [1.165, 1.54) is 40.4 Å². The molecule has 8 rings (SSSR count). The smallest absolute Gasteiger partial charge is 0.143 e. The molecule has 0 saturated carbocycles. The van der Waals surface area contributed by atoms with Gasteiger partial charge in [0.25, 0.3) is 0 Å². The summed E-state index contributed by atoms with van der Waals surface area (Å²) >= 11 is 0. The number of allylic oxidation sites excluding steroid dienone is 1. The highest BCUT2D eigenvalue weighted by Crippen LogP contribution is 2.56. The minimum absolute atomic E-state index is 0.410. The molecule has 0 bridgehead atoms. The maximum atomic E-state index is 6.44. The van der Waals surface area contributed by atoms with Gasteiger partial charge < -0.3 is 10.2 Å². The van der Waals surface area contributed by atoms with Gasteiger partial charge in [0.1, 0.15) is 11.2 Å². The molecule has 7 aromatic rings. The van der Waals surface area contributed by atoms with Crippen molar-refractivity contribution < 1.29 is 4.42 Å². The first kappa shape index (κ1) is 28.9. The van der Waals surface area contributed by atoms with E-state index in [2.05, 4.69) is 153 Å². The van der Waals surface area contributed by atoms with Crippen LogP contribution in [0.4, 0.5) is 0 Å². The molecule has 216 valence electrons. The molecule has 0 radical (unpaired) electrons. The van der Waals surface area contributed by atoms with Crippen LogP contribution in [-0.4, -0.2) is 7.05 Å². The number of fused-ring (bicyclic) bond motifs is 6. The second kappa shape index (κ2) is 12.6. The summed E-state index contributed by atoms with van der Waals surface area (Å²) in [5.74, 6) is 0. The van der Waals surface area contributed by atoms with Crippen molar-refractivity contribution in [2.24, 2.45) is 5.73 Å². The molecule has 0 saturated heterocycles. The Bertz CT molecular complexity index is 2000. The molecule has 0 spiro atoms. The maximum absolute atomic E-state index is 6.44. The third-order valence-electron chi connectivity index (χ3n) is 8.46. The summed E-state index contributed by atoms with van der Waals surface area (Å²) in [7, 11) is 1.50. The first-order chi connectivity index (χ1) is 21.8. The molecular weight excluding hydrogens is 534 g/mol. The molecular formula is C42H37NO. The fraction of sp³-hybridized carbons (Fsp3) is 0.0952. The molecule has 44 heavy (non-hydrogen) atoms. The van der Waals surface area contributed by atoms with Crippen molar-refractivity contribution in [1.29, 1.82) is 0 Å². The van der Waals surface area contributed by atoms with Gasteiger partial charge in [-0.3, -0.25) is 0 Å². The van der Waals surface area contributed by atoms with E-state index >= 15 is 0 Å². The summed E-state index contributed by atoms with van der Waals surface area (Å²) in [5.41, 5.74) is 16.0. The van der Waals surface area contributed by atoms with Gasteiger partial charge in [0, 0.05) is 16.3 Å².